The number of hydrogen-bond donors (Lipinski definition) is 1. The van der Waals surface area contributed by atoms with Crippen molar-refractivity contribution < 1.29 is 9.53 Å². The highest BCUT2D eigenvalue weighted by atomic mass is 16.5. The summed E-state index contributed by atoms with van der Waals surface area (Å²) < 4.78 is 7.33. The number of aromatic nitrogens is 2. The summed E-state index contributed by atoms with van der Waals surface area (Å²) in [4.78, 5) is 16.3. The topological polar surface area (TPSA) is 79.4 Å². The molecule has 0 spiro atoms. The molecule has 2 heterocycles. The van der Waals surface area contributed by atoms with E-state index in [0.29, 0.717) is 24.3 Å². The number of carbonyl (C=O) groups excluding carboxylic acids is 1. The number of hydrogen-bond acceptors (Lipinski definition) is 4. The number of nitrogens with zero attached hydrogens (tertiary/aromatic N) is 3. The maximum absolute atomic E-state index is 11.8. The van der Waals surface area contributed by atoms with Gasteiger partial charge >= 0.3 is 0 Å². The van der Waals surface area contributed by atoms with Crippen LogP contribution in [0.2, 0.25) is 0 Å². The molecular formula is C18H16N4O2. The van der Waals surface area contributed by atoms with E-state index in [1.165, 1.54) is 0 Å². The van der Waals surface area contributed by atoms with Crippen LogP contribution in [0.4, 0.5) is 0 Å². The van der Waals surface area contributed by atoms with Crippen LogP contribution in [0, 0.1) is 11.3 Å². The fraction of sp³-hybridized carbons (Fsp3) is 0.167. The number of ether oxygens (including phenoxy) is 1. The molecule has 1 amide bonds. The second-order valence-electron chi connectivity index (χ2n) is 5.22. The van der Waals surface area contributed by atoms with Crippen LogP contribution in [0.15, 0.2) is 54.9 Å². The molecule has 24 heavy (non-hydrogen) atoms. The van der Waals surface area contributed by atoms with Crippen LogP contribution in [0.1, 0.15) is 11.3 Å². The molecule has 0 saturated heterocycles. The Morgan fingerprint density at radius 3 is 2.83 bits per heavy atom. The van der Waals surface area contributed by atoms with Crippen LogP contribution in [0.5, 0.6) is 5.75 Å². The minimum Gasteiger partial charge on any atom is -0.484 e. The molecule has 2 aromatic heterocycles. The zero-order valence-corrected chi connectivity index (χ0v) is 13.0. The van der Waals surface area contributed by atoms with E-state index in [2.05, 4.69) is 10.3 Å². The first kappa shape index (κ1) is 15.6. The average molecular weight is 320 g/mol. The summed E-state index contributed by atoms with van der Waals surface area (Å²) in [5.74, 6) is 0.368. The first-order valence-corrected chi connectivity index (χ1v) is 7.57. The van der Waals surface area contributed by atoms with Crippen LogP contribution in [0.25, 0.3) is 5.65 Å². The van der Waals surface area contributed by atoms with Gasteiger partial charge in [-0.1, -0.05) is 6.07 Å². The summed E-state index contributed by atoms with van der Waals surface area (Å²) in [7, 11) is 0. The largest absolute Gasteiger partial charge is 0.484 e. The smallest absolute Gasteiger partial charge is 0.257 e. The number of pyridine rings is 1. The third-order valence-electron chi connectivity index (χ3n) is 3.47. The van der Waals surface area contributed by atoms with Gasteiger partial charge in [-0.3, -0.25) is 4.79 Å². The minimum atomic E-state index is -0.192. The lowest BCUT2D eigenvalue weighted by atomic mass is 10.2. The van der Waals surface area contributed by atoms with Gasteiger partial charge in [-0.05, 0) is 36.4 Å². The highest BCUT2D eigenvalue weighted by Gasteiger charge is 2.05. The molecule has 0 atom stereocenters. The quantitative estimate of drug-likeness (QED) is 0.753. The van der Waals surface area contributed by atoms with E-state index < -0.39 is 0 Å². The number of imidazole rings is 1. The highest BCUT2D eigenvalue weighted by molar-refractivity contribution is 5.77. The Morgan fingerprint density at radius 2 is 2.08 bits per heavy atom. The van der Waals surface area contributed by atoms with Gasteiger partial charge in [0.05, 0.1) is 17.3 Å². The van der Waals surface area contributed by atoms with Gasteiger partial charge < -0.3 is 14.5 Å². The van der Waals surface area contributed by atoms with Crippen molar-refractivity contribution in [2.45, 2.75) is 6.42 Å². The molecule has 3 rings (SSSR count). The fourth-order valence-corrected chi connectivity index (χ4v) is 2.26. The number of rotatable bonds is 6. The highest BCUT2D eigenvalue weighted by Crippen LogP contribution is 2.11. The molecule has 6 nitrogen and oxygen atoms in total. The van der Waals surface area contributed by atoms with Gasteiger partial charge in [0, 0.05) is 25.4 Å². The van der Waals surface area contributed by atoms with Crippen LogP contribution < -0.4 is 10.1 Å². The first-order valence-electron chi connectivity index (χ1n) is 7.57. The SMILES string of the molecule is N#Cc1ccc(OCC(=O)NCCc2cn3ccccc3n2)cc1. The number of nitrogens with one attached hydrogen (secondary N) is 1. The number of fused-ring (bicyclic) bond motifs is 1. The van der Waals surface area contributed by atoms with Crippen molar-refractivity contribution in [3.8, 4) is 11.8 Å². The summed E-state index contributed by atoms with van der Waals surface area (Å²) in [6, 6.07) is 14.5. The van der Waals surface area contributed by atoms with Gasteiger partial charge in [-0.15, -0.1) is 0 Å². The normalized spacial score (nSPS) is 10.3. The zero-order valence-electron chi connectivity index (χ0n) is 13.0. The average Bonchev–Trinajstić information content (AvgIpc) is 3.03. The molecule has 0 aliphatic carbocycles. The summed E-state index contributed by atoms with van der Waals surface area (Å²) in [5, 5.41) is 11.5. The van der Waals surface area contributed by atoms with E-state index in [9.17, 15) is 4.79 Å². The Hall–Kier alpha value is -3.33. The van der Waals surface area contributed by atoms with E-state index in [1.54, 1.807) is 24.3 Å². The first-order chi connectivity index (χ1) is 11.7. The third-order valence-corrected chi connectivity index (χ3v) is 3.47. The van der Waals surface area contributed by atoms with Gasteiger partial charge in [0.15, 0.2) is 6.61 Å². The van der Waals surface area contributed by atoms with Crippen LogP contribution in [-0.2, 0) is 11.2 Å². The molecule has 1 aromatic carbocycles. The maximum atomic E-state index is 11.8. The molecule has 0 aliphatic heterocycles. The van der Waals surface area contributed by atoms with Crippen molar-refractivity contribution >= 4 is 11.6 Å². The molecule has 0 aliphatic rings. The van der Waals surface area contributed by atoms with Crippen molar-refractivity contribution in [2.75, 3.05) is 13.2 Å². The van der Waals surface area contributed by atoms with Gasteiger partial charge in [0.25, 0.3) is 5.91 Å². The minimum absolute atomic E-state index is 0.0585. The summed E-state index contributed by atoms with van der Waals surface area (Å²) in [6.45, 7) is 0.441. The molecule has 0 unspecified atom stereocenters. The molecular weight excluding hydrogens is 304 g/mol. The summed E-state index contributed by atoms with van der Waals surface area (Å²) >= 11 is 0. The monoisotopic (exact) mass is 320 g/mol. The molecule has 0 saturated carbocycles. The lowest BCUT2D eigenvalue weighted by molar-refractivity contribution is -0.123. The van der Waals surface area contributed by atoms with Crippen LogP contribution >= 0.6 is 0 Å². The van der Waals surface area contributed by atoms with Gasteiger partial charge in [0.2, 0.25) is 0 Å². The van der Waals surface area contributed by atoms with Crippen molar-refractivity contribution in [1.82, 2.24) is 14.7 Å². The van der Waals surface area contributed by atoms with Crippen LogP contribution in [-0.4, -0.2) is 28.4 Å². The van der Waals surface area contributed by atoms with E-state index in [1.807, 2.05) is 41.1 Å². The predicted octanol–water partition coefficient (Wildman–Crippen LogP) is 1.94. The zero-order chi connectivity index (χ0) is 16.8. The van der Waals surface area contributed by atoms with E-state index >= 15 is 0 Å². The van der Waals surface area contributed by atoms with Crippen molar-refractivity contribution in [2.24, 2.45) is 0 Å². The Kier molecular flexibility index (Phi) is 4.73. The van der Waals surface area contributed by atoms with E-state index in [-0.39, 0.29) is 12.5 Å². The van der Waals surface area contributed by atoms with E-state index in [4.69, 9.17) is 10.00 Å². The molecule has 6 heteroatoms. The fourth-order valence-electron chi connectivity index (χ4n) is 2.26. The molecule has 0 bridgehead atoms. The van der Waals surface area contributed by atoms with Crippen molar-refractivity contribution in [3.05, 3.63) is 66.1 Å². The second-order valence-corrected chi connectivity index (χ2v) is 5.22. The number of carbonyl (C=O) groups is 1. The molecule has 1 N–H and O–H groups in total. The number of amides is 1. The Morgan fingerprint density at radius 1 is 1.25 bits per heavy atom. The Labute approximate surface area is 139 Å². The molecule has 120 valence electrons. The predicted molar refractivity (Wildman–Crippen MR) is 88.6 cm³/mol. The van der Waals surface area contributed by atoms with Gasteiger partial charge in [-0.2, -0.15) is 5.26 Å². The van der Waals surface area contributed by atoms with Crippen molar-refractivity contribution in [1.29, 1.82) is 5.26 Å². The Bertz CT molecular complexity index is 845. The summed E-state index contributed by atoms with van der Waals surface area (Å²) in [6.07, 6.45) is 4.55. The lowest BCUT2D eigenvalue weighted by Gasteiger charge is -2.06. The Balaban J connectivity index is 1.42. The molecule has 0 fully saturated rings. The van der Waals surface area contributed by atoms with E-state index in [0.717, 1.165) is 11.3 Å². The lowest BCUT2D eigenvalue weighted by Crippen LogP contribution is -2.30. The van der Waals surface area contributed by atoms with Crippen molar-refractivity contribution in [3.63, 3.8) is 0 Å². The summed E-state index contributed by atoms with van der Waals surface area (Å²) in [5.41, 5.74) is 2.37. The standard InChI is InChI=1S/C18H16N4O2/c19-11-14-4-6-16(7-5-14)24-13-18(23)20-9-8-15-12-22-10-2-1-3-17(22)21-15/h1-7,10,12H,8-9,13H2,(H,20,23). The van der Waals surface area contributed by atoms with Gasteiger partial charge in [-0.25, -0.2) is 4.98 Å². The molecule has 0 radical (unpaired) electrons. The molecule has 3 aromatic rings. The number of nitriles is 1. The van der Waals surface area contributed by atoms with Crippen LogP contribution in [0.3, 0.4) is 0 Å². The second kappa shape index (κ2) is 7.29. The number of benzene rings is 1. The third kappa shape index (κ3) is 3.90. The maximum Gasteiger partial charge on any atom is 0.257 e. The van der Waals surface area contributed by atoms with Gasteiger partial charge in [0.1, 0.15) is 11.4 Å².